The number of nitrogens with zero attached hydrogens (tertiary/aromatic N) is 1. The summed E-state index contributed by atoms with van der Waals surface area (Å²) >= 11 is 0. The first-order valence-electron chi connectivity index (χ1n) is 9.72. The fraction of sp³-hybridized carbons (Fsp3) is 0.714. The third-order valence-electron chi connectivity index (χ3n) is 5.13. The summed E-state index contributed by atoms with van der Waals surface area (Å²) in [5, 5.41) is 10.3. The maximum absolute atomic E-state index is 10.3. The molecule has 0 aromatic heterocycles. The molecule has 142 valence electrons. The number of hydrogen-bond donors (Lipinski definition) is 1. The van der Waals surface area contributed by atoms with Crippen molar-refractivity contribution in [1.82, 2.24) is 4.90 Å². The van der Waals surface area contributed by atoms with Crippen LogP contribution in [0.25, 0.3) is 0 Å². The molecule has 3 atom stereocenters. The van der Waals surface area contributed by atoms with Gasteiger partial charge in [-0.2, -0.15) is 0 Å². The van der Waals surface area contributed by atoms with E-state index in [-0.39, 0.29) is 0 Å². The molecule has 4 heteroatoms. The number of para-hydroxylation sites is 1. The van der Waals surface area contributed by atoms with Crippen LogP contribution in [-0.4, -0.2) is 54.6 Å². The zero-order chi connectivity index (χ0) is 18.2. The number of hydrogen-bond acceptors (Lipinski definition) is 4. The Morgan fingerprint density at radius 2 is 1.80 bits per heavy atom. The molecule has 3 unspecified atom stereocenters. The first kappa shape index (κ1) is 20.2. The molecule has 0 aliphatic carbocycles. The molecule has 1 heterocycles. The van der Waals surface area contributed by atoms with Gasteiger partial charge in [-0.15, -0.1) is 0 Å². The van der Waals surface area contributed by atoms with Crippen molar-refractivity contribution in [2.45, 2.75) is 71.1 Å². The maximum Gasteiger partial charge on any atom is 0.122 e. The lowest BCUT2D eigenvalue weighted by Crippen LogP contribution is -2.48. The molecule has 0 spiro atoms. The van der Waals surface area contributed by atoms with Crippen molar-refractivity contribution in [3.8, 4) is 5.75 Å². The van der Waals surface area contributed by atoms with E-state index in [1.807, 2.05) is 18.2 Å². The van der Waals surface area contributed by atoms with Crippen LogP contribution in [0, 0.1) is 0 Å². The smallest absolute Gasteiger partial charge is 0.122 e. The van der Waals surface area contributed by atoms with Gasteiger partial charge in [0.25, 0.3) is 0 Å². The highest BCUT2D eigenvalue weighted by Gasteiger charge is 2.26. The molecule has 1 aromatic carbocycles. The Balaban J connectivity index is 1.66. The second kappa shape index (κ2) is 10.1. The van der Waals surface area contributed by atoms with Crippen LogP contribution in [0.4, 0.5) is 0 Å². The van der Waals surface area contributed by atoms with Gasteiger partial charge in [0.2, 0.25) is 0 Å². The zero-order valence-electron chi connectivity index (χ0n) is 16.3. The standard InChI is InChI=1S/C21H35NO3/c1-16(2)20-10-5-6-11-21(20)25-13-12-24-15-19(23)14-22-17(3)8-7-9-18(22)4/h5-6,10-11,16-19,23H,7-9,12-15H2,1-4H3. The van der Waals surface area contributed by atoms with E-state index in [1.165, 1.54) is 24.8 Å². The Kier molecular flexibility index (Phi) is 8.20. The molecule has 1 N–H and O–H groups in total. The highest BCUT2D eigenvalue weighted by atomic mass is 16.5. The summed E-state index contributed by atoms with van der Waals surface area (Å²) in [5.74, 6) is 1.37. The predicted molar refractivity (Wildman–Crippen MR) is 102 cm³/mol. The first-order valence-corrected chi connectivity index (χ1v) is 9.72. The van der Waals surface area contributed by atoms with Crippen molar-refractivity contribution < 1.29 is 14.6 Å². The van der Waals surface area contributed by atoms with Gasteiger partial charge >= 0.3 is 0 Å². The third-order valence-corrected chi connectivity index (χ3v) is 5.13. The lowest BCUT2D eigenvalue weighted by atomic mass is 9.97. The topological polar surface area (TPSA) is 41.9 Å². The van der Waals surface area contributed by atoms with Crippen LogP contribution in [0.5, 0.6) is 5.75 Å². The van der Waals surface area contributed by atoms with Crippen molar-refractivity contribution >= 4 is 0 Å². The Hall–Kier alpha value is -1.10. The molecular weight excluding hydrogens is 314 g/mol. The van der Waals surface area contributed by atoms with Crippen molar-refractivity contribution in [3.63, 3.8) is 0 Å². The average molecular weight is 350 g/mol. The fourth-order valence-corrected chi connectivity index (χ4v) is 3.65. The summed E-state index contributed by atoms with van der Waals surface area (Å²) in [6, 6.07) is 9.24. The van der Waals surface area contributed by atoms with E-state index in [0.717, 1.165) is 5.75 Å². The van der Waals surface area contributed by atoms with E-state index in [1.54, 1.807) is 0 Å². The summed E-state index contributed by atoms with van der Waals surface area (Å²) in [6.45, 7) is 10.9. The van der Waals surface area contributed by atoms with Gasteiger partial charge in [-0.1, -0.05) is 38.5 Å². The van der Waals surface area contributed by atoms with Gasteiger partial charge in [0.05, 0.1) is 19.3 Å². The minimum absolute atomic E-state index is 0.366. The molecule has 0 amide bonds. The number of rotatable bonds is 9. The molecule has 1 saturated heterocycles. The molecule has 1 aliphatic heterocycles. The van der Waals surface area contributed by atoms with Crippen LogP contribution in [-0.2, 0) is 4.74 Å². The van der Waals surface area contributed by atoms with Gasteiger partial charge in [-0.3, -0.25) is 4.90 Å². The Morgan fingerprint density at radius 3 is 2.48 bits per heavy atom. The van der Waals surface area contributed by atoms with E-state index in [0.29, 0.717) is 44.4 Å². The summed E-state index contributed by atoms with van der Waals surface area (Å²) in [4.78, 5) is 2.41. The molecule has 1 aliphatic rings. The van der Waals surface area contributed by atoms with Gasteiger partial charge in [0.15, 0.2) is 0 Å². The Labute approximate surface area is 153 Å². The number of piperidine rings is 1. The minimum Gasteiger partial charge on any atom is -0.491 e. The lowest BCUT2D eigenvalue weighted by Gasteiger charge is -2.40. The third kappa shape index (κ3) is 6.28. The average Bonchev–Trinajstić information content (AvgIpc) is 2.58. The van der Waals surface area contributed by atoms with E-state index < -0.39 is 6.10 Å². The number of ether oxygens (including phenoxy) is 2. The number of likely N-dealkylation sites (tertiary alicyclic amines) is 1. The fourth-order valence-electron chi connectivity index (χ4n) is 3.65. The molecule has 0 radical (unpaired) electrons. The quantitative estimate of drug-likeness (QED) is 0.688. The molecule has 2 rings (SSSR count). The highest BCUT2D eigenvalue weighted by Crippen LogP contribution is 2.25. The number of β-amino-alcohol motifs (C(OH)–C–C–N with tert-alkyl or cyclic N) is 1. The number of aliphatic hydroxyl groups excluding tert-OH is 1. The lowest BCUT2D eigenvalue weighted by molar-refractivity contribution is -0.0141. The second-order valence-corrected chi connectivity index (χ2v) is 7.60. The van der Waals surface area contributed by atoms with Gasteiger partial charge in [-0.25, -0.2) is 0 Å². The molecule has 25 heavy (non-hydrogen) atoms. The van der Waals surface area contributed by atoms with Crippen molar-refractivity contribution in [2.75, 3.05) is 26.4 Å². The van der Waals surface area contributed by atoms with Gasteiger partial charge < -0.3 is 14.6 Å². The molecule has 0 bridgehead atoms. The Morgan fingerprint density at radius 1 is 1.12 bits per heavy atom. The van der Waals surface area contributed by atoms with Crippen molar-refractivity contribution in [1.29, 1.82) is 0 Å². The minimum atomic E-state index is -0.439. The van der Waals surface area contributed by atoms with E-state index >= 15 is 0 Å². The first-order chi connectivity index (χ1) is 12.0. The maximum atomic E-state index is 10.3. The molecule has 1 aromatic rings. The zero-order valence-corrected chi connectivity index (χ0v) is 16.3. The van der Waals surface area contributed by atoms with Gasteiger partial charge in [0.1, 0.15) is 12.4 Å². The second-order valence-electron chi connectivity index (χ2n) is 7.60. The highest BCUT2D eigenvalue weighted by molar-refractivity contribution is 5.35. The molecular formula is C21H35NO3. The van der Waals surface area contributed by atoms with Crippen molar-refractivity contribution in [2.24, 2.45) is 0 Å². The largest absolute Gasteiger partial charge is 0.491 e. The molecule has 1 fully saturated rings. The monoisotopic (exact) mass is 349 g/mol. The summed E-state index contributed by atoms with van der Waals surface area (Å²) in [5.41, 5.74) is 1.22. The number of benzene rings is 1. The normalized spacial score (nSPS) is 23.0. The van der Waals surface area contributed by atoms with Crippen molar-refractivity contribution in [3.05, 3.63) is 29.8 Å². The summed E-state index contributed by atoms with van der Waals surface area (Å²) < 4.78 is 11.5. The van der Waals surface area contributed by atoms with Gasteiger partial charge in [0, 0.05) is 18.6 Å². The number of aliphatic hydroxyl groups is 1. The SMILES string of the molecule is CC(C)c1ccccc1OCCOCC(O)CN1C(C)CCCC1C. The van der Waals surface area contributed by atoms with Crippen LogP contribution in [0.3, 0.4) is 0 Å². The van der Waals surface area contributed by atoms with Crippen LogP contribution >= 0.6 is 0 Å². The van der Waals surface area contributed by atoms with E-state index in [2.05, 4.69) is 38.7 Å². The van der Waals surface area contributed by atoms with Crippen LogP contribution < -0.4 is 4.74 Å². The van der Waals surface area contributed by atoms with E-state index in [9.17, 15) is 5.11 Å². The summed E-state index contributed by atoms with van der Waals surface area (Å²) in [6.07, 6.45) is 3.30. The van der Waals surface area contributed by atoms with Crippen LogP contribution in [0.1, 0.15) is 58.4 Å². The Bertz CT molecular complexity index is 496. The van der Waals surface area contributed by atoms with Gasteiger partial charge in [-0.05, 0) is 44.2 Å². The summed E-state index contributed by atoms with van der Waals surface area (Å²) in [7, 11) is 0. The van der Waals surface area contributed by atoms with Crippen LogP contribution in [0.15, 0.2) is 24.3 Å². The molecule has 4 nitrogen and oxygen atoms in total. The van der Waals surface area contributed by atoms with Crippen LogP contribution in [0.2, 0.25) is 0 Å². The molecule has 0 saturated carbocycles. The predicted octanol–water partition coefficient (Wildman–Crippen LogP) is 3.83. The van der Waals surface area contributed by atoms with E-state index in [4.69, 9.17) is 9.47 Å².